The van der Waals surface area contributed by atoms with Gasteiger partial charge in [-0.3, -0.25) is 0 Å². The fourth-order valence-corrected chi connectivity index (χ4v) is 1.37. The third-order valence-electron chi connectivity index (χ3n) is 2.21. The lowest BCUT2D eigenvalue weighted by Crippen LogP contribution is -2.40. The summed E-state index contributed by atoms with van der Waals surface area (Å²) in [5.74, 6) is -5.72. The fraction of sp³-hybridized carbons (Fsp3) is 0.364. The Labute approximate surface area is 115 Å². The quantitative estimate of drug-likeness (QED) is 0.669. The molecule has 0 aliphatic heterocycles. The first-order chi connectivity index (χ1) is 9.03. The molecule has 0 saturated heterocycles. The van der Waals surface area contributed by atoms with E-state index in [4.69, 9.17) is 5.73 Å². The summed E-state index contributed by atoms with van der Waals surface area (Å²) in [4.78, 5) is -0.133. The van der Waals surface area contributed by atoms with Gasteiger partial charge in [0.05, 0.1) is 6.61 Å². The highest BCUT2D eigenvalue weighted by Gasteiger charge is 2.57. The molecule has 0 fully saturated rings. The molecule has 1 aromatic carbocycles. The maximum absolute atomic E-state index is 13.1. The first kappa shape index (κ1) is 16.7. The van der Waals surface area contributed by atoms with E-state index in [0.29, 0.717) is 0 Å². The predicted octanol–water partition coefficient (Wildman–Crippen LogP) is 3.17. The zero-order valence-corrected chi connectivity index (χ0v) is 10.6. The standard InChI is InChI=1S/C11H9F6NOS/c12-8-2-6(1-7(3-8)9(18)20)4-19-5-10(13,14)11(15,16)17/h1-3H,4-5H2,(H2,18,20). The highest BCUT2D eigenvalue weighted by atomic mass is 32.1. The van der Waals surface area contributed by atoms with Crippen LogP contribution in [0.4, 0.5) is 26.3 Å². The van der Waals surface area contributed by atoms with Gasteiger partial charge >= 0.3 is 12.1 Å². The second kappa shape index (κ2) is 5.96. The number of alkyl halides is 5. The minimum Gasteiger partial charge on any atom is -0.389 e. The van der Waals surface area contributed by atoms with E-state index in [1.54, 1.807) is 0 Å². The maximum atomic E-state index is 13.1. The molecule has 0 saturated carbocycles. The highest BCUT2D eigenvalue weighted by molar-refractivity contribution is 7.80. The zero-order chi connectivity index (χ0) is 15.6. The molecule has 0 aliphatic carbocycles. The number of halogens is 6. The van der Waals surface area contributed by atoms with Crippen LogP contribution in [0.3, 0.4) is 0 Å². The van der Waals surface area contributed by atoms with Crippen LogP contribution in [-0.2, 0) is 11.3 Å². The summed E-state index contributed by atoms with van der Waals surface area (Å²) in [7, 11) is 0. The van der Waals surface area contributed by atoms with Crippen molar-refractivity contribution >= 4 is 17.2 Å². The molecule has 0 unspecified atom stereocenters. The summed E-state index contributed by atoms with van der Waals surface area (Å²) in [5, 5.41) is 0. The molecule has 0 bridgehead atoms. The van der Waals surface area contributed by atoms with E-state index in [0.717, 1.165) is 12.1 Å². The number of hydrogen-bond acceptors (Lipinski definition) is 2. The van der Waals surface area contributed by atoms with Crippen LogP contribution in [0.15, 0.2) is 18.2 Å². The van der Waals surface area contributed by atoms with Crippen molar-refractivity contribution in [1.29, 1.82) is 0 Å². The Morgan fingerprint density at radius 3 is 2.25 bits per heavy atom. The lowest BCUT2D eigenvalue weighted by Gasteiger charge is -2.19. The van der Waals surface area contributed by atoms with E-state index in [1.807, 2.05) is 0 Å². The average Bonchev–Trinajstić information content (AvgIpc) is 2.26. The van der Waals surface area contributed by atoms with Gasteiger partial charge in [-0.25, -0.2) is 4.39 Å². The van der Waals surface area contributed by atoms with Crippen LogP contribution < -0.4 is 5.73 Å². The van der Waals surface area contributed by atoms with Crippen LogP contribution in [0, 0.1) is 5.82 Å². The van der Waals surface area contributed by atoms with Crippen molar-refractivity contribution in [3.8, 4) is 0 Å². The van der Waals surface area contributed by atoms with Crippen molar-refractivity contribution in [2.45, 2.75) is 18.7 Å². The molecule has 0 spiro atoms. The van der Waals surface area contributed by atoms with Gasteiger partial charge in [0.25, 0.3) is 0 Å². The number of benzene rings is 1. The van der Waals surface area contributed by atoms with E-state index in [1.165, 1.54) is 6.07 Å². The Bertz CT molecular complexity index is 502. The van der Waals surface area contributed by atoms with Crippen LogP contribution in [0.5, 0.6) is 0 Å². The Hall–Kier alpha value is -1.35. The minimum absolute atomic E-state index is 0.0470. The molecular formula is C11H9F6NOS. The van der Waals surface area contributed by atoms with Gasteiger partial charge in [0.15, 0.2) is 0 Å². The second-order valence-electron chi connectivity index (χ2n) is 3.91. The third kappa shape index (κ3) is 4.34. The minimum atomic E-state index is -5.70. The summed E-state index contributed by atoms with van der Waals surface area (Å²) in [6.07, 6.45) is -5.70. The Kier molecular flexibility index (Phi) is 4.98. The van der Waals surface area contributed by atoms with E-state index in [-0.39, 0.29) is 16.1 Å². The van der Waals surface area contributed by atoms with Gasteiger partial charge in [0, 0.05) is 5.56 Å². The molecule has 1 rings (SSSR count). The number of hydrogen-bond donors (Lipinski definition) is 1. The maximum Gasteiger partial charge on any atom is 0.455 e. The summed E-state index contributed by atoms with van der Waals surface area (Å²) in [6.45, 7) is -2.48. The molecule has 0 aromatic heterocycles. The smallest absolute Gasteiger partial charge is 0.389 e. The Balaban J connectivity index is 2.70. The number of ether oxygens (including phenoxy) is 1. The largest absolute Gasteiger partial charge is 0.455 e. The molecule has 112 valence electrons. The molecule has 20 heavy (non-hydrogen) atoms. The molecule has 0 atom stereocenters. The van der Waals surface area contributed by atoms with Crippen molar-refractivity contribution in [2.75, 3.05) is 6.61 Å². The molecule has 9 heteroatoms. The van der Waals surface area contributed by atoms with Crippen molar-refractivity contribution < 1.29 is 31.1 Å². The van der Waals surface area contributed by atoms with Crippen molar-refractivity contribution in [1.82, 2.24) is 0 Å². The predicted molar refractivity (Wildman–Crippen MR) is 62.9 cm³/mol. The molecule has 0 radical (unpaired) electrons. The zero-order valence-electron chi connectivity index (χ0n) is 9.81. The van der Waals surface area contributed by atoms with Gasteiger partial charge in [0.2, 0.25) is 0 Å². The van der Waals surface area contributed by atoms with Gasteiger partial charge in [-0.2, -0.15) is 22.0 Å². The normalized spacial score (nSPS) is 12.5. The lowest BCUT2D eigenvalue weighted by atomic mass is 10.1. The van der Waals surface area contributed by atoms with E-state index >= 15 is 0 Å². The van der Waals surface area contributed by atoms with Gasteiger partial charge < -0.3 is 10.5 Å². The van der Waals surface area contributed by atoms with Crippen LogP contribution in [0.25, 0.3) is 0 Å². The molecule has 0 aliphatic rings. The first-order valence-corrected chi connectivity index (χ1v) is 5.55. The van der Waals surface area contributed by atoms with Gasteiger partial charge in [0.1, 0.15) is 17.4 Å². The number of thiocarbonyl (C=S) groups is 1. The number of nitrogens with two attached hydrogens (primary N) is 1. The van der Waals surface area contributed by atoms with E-state index in [9.17, 15) is 26.3 Å². The van der Waals surface area contributed by atoms with E-state index < -0.39 is 31.1 Å². The molecule has 2 N–H and O–H groups in total. The Morgan fingerprint density at radius 1 is 1.15 bits per heavy atom. The highest BCUT2D eigenvalue weighted by Crippen LogP contribution is 2.35. The van der Waals surface area contributed by atoms with Gasteiger partial charge in [-0.1, -0.05) is 12.2 Å². The third-order valence-corrected chi connectivity index (χ3v) is 2.44. The summed E-state index contributed by atoms with van der Waals surface area (Å²) in [5.41, 5.74) is 5.43. The molecule has 1 aromatic rings. The molecule has 0 amide bonds. The van der Waals surface area contributed by atoms with Crippen molar-refractivity contribution in [3.63, 3.8) is 0 Å². The van der Waals surface area contributed by atoms with Crippen molar-refractivity contribution in [2.24, 2.45) is 5.73 Å². The number of rotatable bonds is 5. The van der Waals surface area contributed by atoms with E-state index in [2.05, 4.69) is 17.0 Å². The topological polar surface area (TPSA) is 35.2 Å². The van der Waals surface area contributed by atoms with Crippen LogP contribution >= 0.6 is 12.2 Å². The molecular weight excluding hydrogens is 308 g/mol. The van der Waals surface area contributed by atoms with Gasteiger partial charge in [-0.05, 0) is 23.8 Å². The van der Waals surface area contributed by atoms with Crippen molar-refractivity contribution in [3.05, 3.63) is 35.1 Å². The summed E-state index contributed by atoms with van der Waals surface area (Å²) < 4.78 is 78.1. The lowest BCUT2D eigenvalue weighted by molar-refractivity contribution is -0.297. The Morgan fingerprint density at radius 2 is 1.75 bits per heavy atom. The monoisotopic (exact) mass is 317 g/mol. The second-order valence-corrected chi connectivity index (χ2v) is 4.35. The van der Waals surface area contributed by atoms with Crippen LogP contribution in [-0.4, -0.2) is 23.7 Å². The van der Waals surface area contributed by atoms with Crippen LogP contribution in [0.1, 0.15) is 11.1 Å². The fourth-order valence-electron chi connectivity index (χ4n) is 1.25. The van der Waals surface area contributed by atoms with Gasteiger partial charge in [-0.15, -0.1) is 0 Å². The molecule has 2 nitrogen and oxygen atoms in total. The average molecular weight is 317 g/mol. The van der Waals surface area contributed by atoms with Crippen LogP contribution in [0.2, 0.25) is 0 Å². The molecule has 0 heterocycles. The first-order valence-electron chi connectivity index (χ1n) is 5.14. The summed E-state index contributed by atoms with van der Waals surface area (Å²) in [6, 6.07) is 3.18. The summed E-state index contributed by atoms with van der Waals surface area (Å²) >= 11 is 4.60. The SMILES string of the molecule is NC(=S)c1cc(F)cc(COCC(F)(F)C(F)(F)F)c1.